The van der Waals surface area contributed by atoms with Crippen LogP contribution in [0.1, 0.15) is 27.2 Å². The van der Waals surface area contributed by atoms with Crippen molar-refractivity contribution in [1.82, 2.24) is 0 Å². The average Bonchev–Trinajstić information content (AvgIpc) is 2.11. The van der Waals surface area contributed by atoms with Crippen LogP contribution < -0.4 is 0 Å². The van der Waals surface area contributed by atoms with E-state index in [-0.39, 0.29) is 0 Å². The molecule has 12 heavy (non-hydrogen) atoms. The van der Waals surface area contributed by atoms with E-state index in [1.165, 1.54) is 11.1 Å². The lowest BCUT2D eigenvalue weighted by Crippen LogP contribution is -1.77. The minimum Gasteiger partial charge on any atom is -0.504 e. The van der Waals surface area contributed by atoms with Crippen LogP contribution >= 0.6 is 0 Å². The van der Waals surface area contributed by atoms with E-state index >= 15 is 0 Å². The van der Waals surface area contributed by atoms with Crippen molar-refractivity contribution >= 4 is 0 Å². The number of allylic oxidation sites excluding steroid dienone is 5. The van der Waals surface area contributed by atoms with Gasteiger partial charge in [-0.3, -0.25) is 0 Å². The van der Waals surface area contributed by atoms with Gasteiger partial charge in [-0.05, 0) is 31.9 Å². The number of hydrogen-bond acceptors (Lipinski definition) is 1. The van der Waals surface area contributed by atoms with Crippen LogP contribution in [0.4, 0.5) is 0 Å². The van der Waals surface area contributed by atoms with Crippen molar-refractivity contribution in [2.45, 2.75) is 27.2 Å². The fourth-order valence-electron chi connectivity index (χ4n) is 0.799. The summed E-state index contributed by atoms with van der Waals surface area (Å²) in [4.78, 5) is 0. The fourth-order valence-corrected chi connectivity index (χ4v) is 0.799. The smallest absolute Gasteiger partial charge is 0.0827 e. The molecule has 0 atom stereocenters. The van der Waals surface area contributed by atoms with Crippen molar-refractivity contribution < 1.29 is 4.74 Å². The van der Waals surface area contributed by atoms with Gasteiger partial charge in [0.15, 0.2) is 0 Å². The van der Waals surface area contributed by atoms with E-state index in [0.29, 0.717) is 0 Å². The van der Waals surface area contributed by atoms with E-state index in [4.69, 9.17) is 4.74 Å². The second-order valence-corrected chi connectivity index (χ2v) is 2.64. The van der Waals surface area contributed by atoms with E-state index in [1.54, 1.807) is 13.4 Å². The van der Waals surface area contributed by atoms with Gasteiger partial charge in [0.25, 0.3) is 0 Å². The van der Waals surface area contributed by atoms with Gasteiger partial charge >= 0.3 is 0 Å². The fraction of sp³-hybridized carbons (Fsp3) is 0.455. The third kappa shape index (κ3) is 4.78. The van der Waals surface area contributed by atoms with E-state index in [1.807, 2.05) is 13.0 Å². The Labute approximate surface area is 75.4 Å². The van der Waals surface area contributed by atoms with Crippen molar-refractivity contribution in [2.75, 3.05) is 7.11 Å². The second kappa shape index (κ2) is 6.71. The summed E-state index contributed by atoms with van der Waals surface area (Å²) < 4.78 is 4.85. The molecule has 0 aromatic carbocycles. The summed E-state index contributed by atoms with van der Waals surface area (Å²) in [5, 5.41) is 0. The Morgan fingerprint density at radius 2 is 2.08 bits per heavy atom. The highest BCUT2D eigenvalue weighted by molar-refractivity contribution is 5.27. The van der Waals surface area contributed by atoms with E-state index in [2.05, 4.69) is 26.0 Å². The van der Waals surface area contributed by atoms with E-state index in [0.717, 1.165) is 6.42 Å². The maximum Gasteiger partial charge on any atom is 0.0827 e. The Morgan fingerprint density at radius 3 is 2.50 bits per heavy atom. The Hall–Kier alpha value is -0.980. The molecule has 0 aromatic rings. The van der Waals surface area contributed by atoms with Crippen molar-refractivity contribution in [3.05, 3.63) is 35.6 Å². The Kier molecular flexibility index (Phi) is 6.16. The predicted molar refractivity (Wildman–Crippen MR) is 54.0 cm³/mol. The molecule has 0 fully saturated rings. The zero-order valence-corrected chi connectivity index (χ0v) is 8.42. The minimum atomic E-state index is 1.03. The summed E-state index contributed by atoms with van der Waals surface area (Å²) in [6.07, 6.45) is 8.99. The largest absolute Gasteiger partial charge is 0.504 e. The van der Waals surface area contributed by atoms with Gasteiger partial charge in [-0.25, -0.2) is 0 Å². The van der Waals surface area contributed by atoms with Crippen LogP contribution in [0.5, 0.6) is 0 Å². The second-order valence-electron chi connectivity index (χ2n) is 2.64. The first-order valence-corrected chi connectivity index (χ1v) is 4.27. The molecular weight excluding hydrogens is 148 g/mol. The van der Waals surface area contributed by atoms with Crippen LogP contribution in [0.15, 0.2) is 35.6 Å². The topological polar surface area (TPSA) is 9.23 Å². The van der Waals surface area contributed by atoms with Crippen LogP contribution in [0.3, 0.4) is 0 Å². The van der Waals surface area contributed by atoms with Crippen molar-refractivity contribution in [3.63, 3.8) is 0 Å². The van der Waals surface area contributed by atoms with E-state index < -0.39 is 0 Å². The lowest BCUT2D eigenvalue weighted by Gasteiger charge is -1.97. The molecule has 0 radical (unpaired) electrons. The van der Waals surface area contributed by atoms with Gasteiger partial charge in [-0.2, -0.15) is 0 Å². The maximum atomic E-state index is 4.85. The number of rotatable bonds is 4. The van der Waals surface area contributed by atoms with Gasteiger partial charge in [-0.1, -0.05) is 24.6 Å². The van der Waals surface area contributed by atoms with Crippen molar-refractivity contribution in [1.29, 1.82) is 0 Å². The molecular formula is C11H18O. The molecule has 0 N–H and O–H groups in total. The predicted octanol–water partition coefficient (Wildman–Crippen LogP) is 3.45. The van der Waals surface area contributed by atoms with Crippen LogP contribution in [0.25, 0.3) is 0 Å². The lowest BCUT2D eigenvalue weighted by molar-refractivity contribution is 0.337. The van der Waals surface area contributed by atoms with Crippen LogP contribution in [-0.2, 0) is 4.74 Å². The van der Waals surface area contributed by atoms with E-state index in [9.17, 15) is 0 Å². The first-order chi connectivity index (χ1) is 5.74. The Balaban J connectivity index is 4.33. The third-order valence-corrected chi connectivity index (χ3v) is 1.69. The Morgan fingerprint density at radius 1 is 1.42 bits per heavy atom. The quantitative estimate of drug-likeness (QED) is 0.459. The van der Waals surface area contributed by atoms with Gasteiger partial charge in [0.05, 0.1) is 13.4 Å². The highest BCUT2D eigenvalue weighted by Gasteiger charge is 1.87. The first-order valence-electron chi connectivity index (χ1n) is 4.27. The van der Waals surface area contributed by atoms with Crippen LogP contribution in [0, 0.1) is 0 Å². The normalized spacial score (nSPS) is 14.0. The maximum absolute atomic E-state index is 4.85. The monoisotopic (exact) mass is 166 g/mol. The molecule has 1 heteroatoms. The van der Waals surface area contributed by atoms with Crippen molar-refractivity contribution in [3.8, 4) is 0 Å². The highest BCUT2D eigenvalue weighted by Crippen LogP contribution is 2.07. The molecule has 0 aliphatic carbocycles. The van der Waals surface area contributed by atoms with Crippen LogP contribution in [-0.4, -0.2) is 7.11 Å². The summed E-state index contributed by atoms with van der Waals surface area (Å²) in [7, 11) is 1.66. The molecule has 0 unspecified atom stereocenters. The average molecular weight is 166 g/mol. The van der Waals surface area contributed by atoms with Gasteiger partial charge in [-0.15, -0.1) is 0 Å². The summed E-state index contributed by atoms with van der Waals surface area (Å²) in [6, 6.07) is 0. The molecule has 0 aliphatic heterocycles. The third-order valence-electron chi connectivity index (χ3n) is 1.69. The summed E-state index contributed by atoms with van der Waals surface area (Å²) in [5.74, 6) is 0. The lowest BCUT2D eigenvalue weighted by atomic mass is 10.1. The van der Waals surface area contributed by atoms with Crippen LogP contribution in [0.2, 0.25) is 0 Å². The number of ether oxygens (including phenoxy) is 1. The summed E-state index contributed by atoms with van der Waals surface area (Å²) in [6.45, 7) is 6.27. The van der Waals surface area contributed by atoms with Gasteiger partial charge < -0.3 is 4.74 Å². The molecule has 1 nitrogen and oxygen atoms in total. The van der Waals surface area contributed by atoms with Gasteiger partial charge in [0.1, 0.15) is 0 Å². The zero-order chi connectivity index (χ0) is 9.40. The van der Waals surface area contributed by atoms with Gasteiger partial charge in [0.2, 0.25) is 0 Å². The molecule has 0 spiro atoms. The highest BCUT2D eigenvalue weighted by atomic mass is 16.5. The standard InChI is InChI=1S/C11H18O/c1-5-10(3)9-11(6-2)7-8-12-4/h5,7-9H,6H2,1-4H3/b8-7+,10-5+,11-9+. The van der Waals surface area contributed by atoms with Crippen molar-refractivity contribution in [2.24, 2.45) is 0 Å². The molecule has 0 bridgehead atoms. The molecule has 0 amide bonds. The molecule has 0 saturated carbocycles. The molecule has 0 heterocycles. The molecule has 0 saturated heterocycles. The Bertz CT molecular complexity index is 197. The molecule has 0 aromatic heterocycles. The van der Waals surface area contributed by atoms with Gasteiger partial charge in [0, 0.05) is 0 Å². The molecule has 0 aliphatic rings. The minimum absolute atomic E-state index is 1.03. The molecule has 68 valence electrons. The summed E-state index contributed by atoms with van der Waals surface area (Å²) in [5.41, 5.74) is 2.57. The number of hydrogen-bond donors (Lipinski definition) is 0. The SMILES string of the molecule is C/C=C(C)/C=C(/C=C/OC)CC. The first kappa shape index (κ1) is 11.0. The summed E-state index contributed by atoms with van der Waals surface area (Å²) >= 11 is 0. The molecule has 0 rings (SSSR count). The zero-order valence-electron chi connectivity index (χ0n) is 8.42. The number of methoxy groups -OCH3 is 1.